The van der Waals surface area contributed by atoms with Crippen molar-refractivity contribution in [3.05, 3.63) is 130 Å². The van der Waals surface area contributed by atoms with Crippen LogP contribution in [0.25, 0.3) is 0 Å². The lowest BCUT2D eigenvalue weighted by Gasteiger charge is -2.07. The van der Waals surface area contributed by atoms with Crippen LogP contribution in [0.15, 0.2) is 97.1 Å². The summed E-state index contributed by atoms with van der Waals surface area (Å²) in [6.07, 6.45) is 2.50. The van der Waals surface area contributed by atoms with Crippen molar-refractivity contribution < 1.29 is 20.7 Å². The molecule has 0 amide bonds. The molecule has 0 heterocycles. The Morgan fingerprint density at radius 3 is 1.56 bits per heavy atom. The van der Waals surface area contributed by atoms with Crippen molar-refractivity contribution in [2.45, 2.75) is 33.3 Å². The normalized spacial score (nSPS) is 10.1. The molecular weight excluding hydrogens is 448 g/mol. The number of carbonyl (C=O) groups excluding carboxylic acids is 1. The summed E-state index contributed by atoms with van der Waals surface area (Å²) in [5, 5.41) is 9.26. The summed E-state index contributed by atoms with van der Waals surface area (Å²) in [7, 11) is 3.31. The lowest BCUT2D eigenvalue weighted by Crippen LogP contribution is -1.95. The highest BCUT2D eigenvalue weighted by Crippen LogP contribution is 2.18. The molecule has 0 atom stereocenters. The maximum Gasteiger partial charge on any atom is 0.150 e. The summed E-state index contributed by atoms with van der Waals surface area (Å²) in [5.74, 6) is 1.71. The first-order chi connectivity index (χ1) is 18.1. The van der Waals surface area contributed by atoms with Gasteiger partial charge in [0.1, 0.15) is 17.8 Å². The van der Waals surface area contributed by atoms with Crippen LogP contribution in [0.4, 0.5) is 0 Å². The van der Waals surface area contributed by atoms with E-state index in [1.54, 1.807) is 21.1 Å². The summed E-state index contributed by atoms with van der Waals surface area (Å²) in [4.78, 5) is 10.9. The van der Waals surface area contributed by atoms with E-state index < -0.39 is 0 Å². The number of aliphatic hydroxyl groups excluding tert-OH is 1. The molecule has 0 bridgehead atoms. The average molecular weight is 486 g/mol. The van der Waals surface area contributed by atoms with E-state index in [0.29, 0.717) is 6.90 Å². The Morgan fingerprint density at radius 1 is 0.694 bits per heavy atom. The number of benzene rings is 4. The molecule has 0 aliphatic carbocycles. The number of ether oxygens (including phenoxy) is 2. The number of hydrogen-bond acceptors (Lipinski definition) is 4. The molecule has 0 spiro atoms. The van der Waals surface area contributed by atoms with Gasteiger partial charge in [0.15, 0.2) is 0 Å². The van der Waals surface area contributed by atoms with Gasteiger partial charge in [-0.15, -0.1) is 0 Å². The second-order valence-corrected chi connectivity index (χ2v) is 7.79. The van der Waals surface area contributed by atoms with Gasteiger partial charge in [0.2, 0.25) is 0 Å². The van der Waals surface area contributed by atoms with Gasteiger partial charge in [0.25, 0.3) is 0 Å². The maximum absolute atomic E-state index is 10.9. The van der Waals surface area contributed by atoms with Crippen molar-refractivity contribution in [1.29, 1.82) is 0 Å². The highest BCUT2D eigenvalue weighted by molar-refractivity contribution is 5.77. The summed E-state index contributed by atoms with van der Waals surface area (Å²) < 4.78 is 16.4. The molecule has 0 aliphatic heterocycles. The highest BCUT2D eigenvalue weighted by atomic mass is 16.5. The number of carbonyl (C=O) groups is 1. The second kappa shape index (κ2) is 15.9. The Kier molecular flexibility index (Phi) is 11.8. The molecule has 0 saturated carbocycles. The van der Waals surface area contributed by atoms with E-state index in [1.807, 2.05) is 91.0 Å². The number of aldehydes is 1. The van der Waals surface area contributed by atoms with Crippen LogP contribution in [-0.2, 0) is 19.4 Å². The van der Waals surface area contributed by atoms with Crippen LogP contribution >= 0.6 is 0 Å². The molecule has 4 rings (SSSR count). The van der Waals surface area contributed by atoms with Gasteiger partial charge in [0.05, 0.1) is 20.8 Å². The lowest BCUT2D eigenvalue weighted by atomic mass is 10.0. The number of aliphatic hydroxyl groups is 1. The van der Waals surface area contributed by atoms with E-state index in [-0.39, 0.29) is 6.61 Å². The first-order valence-electron chi connectivity index (χ1n) is 12.5. The smallest absolute Gasteiger partial charge is 0.150 e. The lowest BCUT2D eigenvalue weighted by molar-refractivity contribution is 0.112. The largest absolute Gasteiger partial charge is 0.497 e. The van der Waals surface area contributed by atoms with E-state index in [1.165, 1.54) is 16.7 Å². The van der Waals surface area contributed by atoms with Crippen LogP contribution in [0.5, 0.6) is 11.5 Å². The van der Waals surface area contributed by atoms with E-state index in [2.05, 4.69) is 6.07 Å². The quantitative estimate of drug-likeness (QED) is 0.276. The molecule has 4 aromatic carbocycles. The predicted octanol–water partition coefficient (Wildman–Crippen LogP) is 6.90. The minimum Gasteiger partial charge on any atom is -0.497 e. The molecule has 36 heavy (non-hydrogen) atoms. The number of hydrogen-bond donors (Lipinski definition) is 1. The van der Waals surface area contributed by atoms with Gasteiger partial charge < -0.3 is 14.6 Å². The molecule has 1 N–H and O–H groups in total. The third-order valence-electron chi connectivity index (χ3n) is 5.58. The Labute approximate surface area is 216 Å². The molecule has 0 unspecified atom stereocenters. The van der Waals surface area contributed by atoms with Crippen LogP contribution in [0.2, 0.25) is 0 Å². The zero-order valence-electron chi connectivity index (χ0n) is 22.3. The first kappa shape index (κ1) is 26.7. The molecule has 0 saturated heterocycles. The van der Waals surface area contributed by atoms with Crippen LogP contribution in [0.3, 0.4) is 0 Å². The molecular formula is C32H36O4. The minimum atomic E-state index is 0.0896. The van der Waals surface area contributed by atoms with Crippen molar-refractivity contribution in [3.63, 3.8) is 0 Å². The molecule has 0 radical (unpaired) electrons. The van der Waals surface area contributed by atoms with Crippen molar-refractivity contribution in [1.82, 2.24) is 0 Å². The summed E-state index contributed by atoms with van der Waals surface area (Å²) >= 11 is 0. The topological polar surface area (TPSA) is 55.8 Å². The molecule has 4 aromatic rings. The summed E-state index contributed by atoms with van der Waals surface area (Å²) in [5.41, 5.74) is 6.34. The highest BCUT2D eigenvalue weighted by Gasteiger charge is 2.03. The third-order valence-corrected chi connectivity index (χ3v) is 5.58. The zero-order valence-corrected chi connectivity index (χ0v) is 21.3. The van der Waals surface area contributed by atoms with E-state index >= 15 is 0 Å². The van der Waals surface area contributed by atoms with Gasteiger partial charge in [-0.2, -0.15) is 0 Å². The Hall–Kier alpha value is -3.89. The van der Waals surface area contributed by atoms with Crippen LogP contribution < -0.4 is 9.47 Å². The zero-order chi connectivity index (χ0) is 26.9. The monoisotopic (exact) mass is 485 g/mol. The fourth-order valence-electron chi connectivity index (χ4n) is 3.62. The molecule has 0 aromatic heterocycles. The summed E-state index contributed by atoms with van der Waals surface area (Å²) in [6, 6.07) is 31.5. The fraction of sp³-hybridized carbons (Fsp3) is 0.219. The van der Waals surface area contributed by atoms with Gasteiger partial charge in [-0.25, -0.2) is 0 Å². The maximum atomic E-state index is 10.9. The number of methoxy groups -OCH3 is 2. The van der Waals surface area contributed by atoms with E-state index in [0.717, 1.165) is 47.3 Å². The predicted molar refractivity (Wildman–Crippen MR) is 147 cm³/mol. The Morgan fingerprint density at radius 2 is 1.11 bits per heavy atom. The van der Waals surface area contributed by atoms with Crippen molar-refractivity contribution in [3.8, 4) is 11.5 Å². The SMILES string of the molecule is COc1ccc(Cc2ccccc2C=O)cc1.COc1ccc(Cc2ccccc2CO)cc1.[2H]CC. The number of rotatable bonds is 8. The third kappa shape index (κ3) is 8.71. The average Bonchev–Trinajstić information content (AvgIpc) is 2.95. The molecule has 4 heteroatoms. The van der Waals surface area contributed by atoms with Gasteiger partial charge in [0, 0.05) is 6.93 Å². The fourth-order valence-corrected chi connectivity index (χ4v) is 3.62. The Balaban J connectivity index is 0.000000235. The van der Waals surface area contributed by atoms with Gasteiger partial charge in [-0.3, -0.25) is 4.79 Å². The van der Waals surface area contributed by atoms with Crippen molar-refractivity contribution >= 4 is 6.29 Å². The second-order valence-electron chi connectivity index (χ2n) is 7.79. The van der Waals surface area contributed by atoms with Crippen molar-refractivity contribution in [2.24, 2.45) is 0 Å². The summed E-state index contributed by atoms with van der Waals surface area (Å²) in [6.45, 7) is 2.38. The molecule has 0 fully saturated rings. The molecule has 4 nitrogen and oxygen atoms in total. The first-order valence-corrected chi connectivity index (χ1v) is 11.8. The van der Waals surface area contributed by atoms with Gasteiger partial charge >= 0.3 is 0 Å². The van der Waals surface area contributed by atoms with Crippen molar-refractivity contribution in [2.75, 3.05) is 14.2 Å². The standard InChI is InChI=1S/C15H16O2.C15H14O2.C2H6/c2*1-17-15-8-6-12(7-9-15)10-13-4-2-3-5-14(13)11-16;1-2/h2-9,16H,10-11H2,1H3;2-9,11H,10H2,1H3;1-2H3/i;;1D. The Bertz CT molecular complexity index is 1190. The van der Waals surface area contributed by atoms with E-state index in [9.17, 15) is 9.90 Å². The molecule has 0 aliphatic rings. The van der Waals surface area contributed by atoms with Crippen LogP contribution in [-0.4, -0.2) is 25.6 Å². The minimum absolute atomic E-state index is 0.0896. The van der Waals surface area contributed by atoms with Gasteiger partial charge in [-0.1, -0.05) is 86.6 Å². The van der Waals surface area contributed by atoms with Crippen LogP contribution in [0, 0.1) is 0 Å². The van der Waals surface area contributed by atoms with E-state index in [4.69, 9.17) is 10.8 Å². The molecule has 188 valence electrons. The van der Waals surface area contributed by atoms with Gasteiger partial charge in [-0.05, 0) is 64.9 Å². The van der Waals surface area contributed by atoms with Crippen LogP contribution in [0.1, 0.15) is 53.4 Å².